The van der Waals surface area contributed by atoms with Crippen LogP contribution in [0, 0.1) is 0 Å². The highest BCUT2D eigenvalue weighted by Gasteiger charge is 2.27. The van der Waals surface area contributed by atoms with Crippen LogP contribution in [0.5, 0.6) is 0 Å². The molecule has 0 radical (unpaired) electrons. The Kier molecular flexibility index (Phi) is 5.70. The van der Waals surface area contributed by atoms with Gasteiger partial charge in [0.15, 0.2) is 0 Å². The zero-order valence-corrected chi connectivity index (χ0v) is 13.2. The van der Waals surface area contributed by atoms with Gasteiger partial charge >= 0.3 is 5.97 Å². The number of hydrogen-bond donors (Lipinski definition) is 0. The molecule has 0 spiro atoms. The minimum Gasteiger partial charge on any atom is -0.463 e. The smallest absolute Gasteiger partial charge is 0.333 e. The predicted octanol–water partition coefficient (Wildman–Crippen LogP) is 2.86. The Morgan fingerprint density at radius 3 is 2.95 bits per heavy atom. The highest BCUT2D eigenvalue weighted by Crippen LogP contribution is 2.29. The Morgan fingerprint density at radius 1 is 1.48 bits per heavy atom. The summed E-state index contributed by atoms with van der Waals surface area (Å²) in [5.41, 5.74) is 0.986. The fraction of sp³-hybridized carbons (Fsp3) is 0.333. The maximum Gasteiger partial charge on any atom is 0.333 e. The number of ether oxygens (including phenoxy) is 1. The van der Waals surface area contributed by atoms with Crippen LogP contribution in [0.25, 0.3) is 0 Å². The number of amides is 1. The average Bonchev–Trinajstić information content (AvgIpc) is 2.79. The summed E-state index contributed by atoms with van der Waals surface area (Å²) in [5.74, 6) is -0.0617. The molecule has 1 aliphatic rings. The number of rotatable bonds is 5. The number of benzene rings is 1. The third-order valence-electron chi connectivity index (χ3n) is 3.00. The lowest BCUT2D eigenvalue weighted by molar-refractivity contribution is -0.137. The van der Waals surface area contributed by atoms with Gasteiger partial charge in [-0.2, -0.15) is 0 Å². The monoisotopic (exact) mass is 325 g/mol. The minimum absolute atomic E-state index is 0.00241. The Hall–Kier alpha value is -1.46. The van der Waals surface area contributed by atoms with Gasteiger partial charge < -0.3 is 9.64 Å². The number of carbonyl (C=O) groups is 2. The minimum atomic E-state index is -0.419. The molecule has 21 heavy (non-hydrogen) atoms. The first-order chi connectivity index (χ1) is 10.1. The van der Waals surface area contributed by atoms with Crippen molar-refractivity contribution < 1.29 is 14.3 Å². The van der Waals surface area contributed by atoms with Crippen molar-refractivity contribution in [2.75, 3.05) is 18.9 Å². The molecule has 1 aliphatic heterocycles. The van der Waals surface area contributed by atoms with Crippen LogP contribution < -0.4 is 0 Å². The van der Waals surface area contributed by atoms with Crippen LogP contribution >= 0.6 is 23.4 Å². The van der Waals surface area contributed by atoms with E-state index in [9.17, 15) is 9.59 Å². The van der Waals surface area contributed by atoms with Crippen LogP contribution in [0.1, 0.15) is 12.5 Å². The molecule has 1 amide bonds. The number of carbonyl (C=O) groups excluding carboxylic acids is 2. The van der Waals surface area contributed by atoms with E-state index >= 15 is 0 Å². The molecule has 0 atom stereocenters. The number of hydrogen-bond acceptors (Lipinski definition) is 4. The lowest BCUT2D eigenvalue weighted by Gasteiger charge is -2.17. The third kappa shape index (κ3) is 4.25. The van der Waals surface area contributed by atoms with E-state index in [-0.39, 0.29) is 5.91 Å². The molecule has 1 aromatic rings. The molecule has 1 saturated heterocycles. The summed E-state index contributed by atoms with van der Waals surface area (Å²) in [5, 5.41) is 1.33. The van der Waals surface area contributed by atoms with Crippen molar-refractivity contribution in [3.63, 3.8) is 0 Å². The number of halogens is 1. The maximum absolute atomic E-state index is 11.9. The molecule has 1 heterocycles. The van der Waals surface area contributed by atoms with Crippen molar-refractivity contribution in [2.45, 2.75) is 13.3 Å². The van der Waals surface area contributed by atoms with Crippen molar-refractivity contribution in [2.24, 2.45) is 0 Å². The van der Waals surface area contributed by atoms with Crippen LogP contribution in [-0.4, -0.2) is 35.7 Å². The topological polar surface area (TPSA) is 46.6 Å². The van der Waals surface area contributed by atoms with Gasteiger partial charge in [-0.25, -0.2) is 4.79 Å². The van der Waals surface area contributed by atoms with E-state index in [0.29, 0.717) is 35.4 Å². The number of nitrogens with zero attached hydrogens (tertiary/aromatic N) is 1. The molecule has 1 fully saturated rings. The highest BCUT2D eigenvalue weighted by atomic mass is 35.5. The number of esters is 1. The third-order valence-corrected chi connectivity index (χ3v) is 4.40. The van der Waals surface area contributed by atoms with E-state index in [1.54, 1.807) is 11.8 Å². The average molecular weight is 326 g/mol. The van der Waals surface area contributed by atoms with Gasteiger partial charge in [-0.05, 0) is 25.0 Å². The molecule has 0 unspecified atom stereocenters. The van der Waals surface area contributed by atoms with Crippen LogP contribution in [0.3, 0.4) is 0 Å². The summed E-state index contributed by atoms with van der Waals surface area (Å²) >= 11 is 7.47. The van der Waals surface area contributed by atoms with E-state index < -0.39 is 5.97 Å². The summed E-state index contributed by atoms with van der Waals surface area (Å²) in [6.45, 7) is 2.57. The van der Waals surface area contributed by atoms with E-state index in [2.05, 4.69) is 0 Å². The van der Waals surface area contributed by atoms with Gasteiger partial charge in [0.05, 0.1) is 23.5 Å². The second kappa shape index (κ2) is 7.52. The summed E-state index contributed by atoms with van der Waals surface area (Å²) < 4.78 is 4.88. The van der Waals surface area contributed by atoms with Crippen LogP contribution in [0.15, 0.2) is 35.4 Å². The normalized spacial score (nSPS) is 16.6. The molecule has 4 nitrogen and oxygen atoms in total. The van der Waals surface area contributed by atoms with Gasteiger partial charge in [0.25, 0.3) is 0 Å². The summed E-state index contributed by atoms with van der Waals surface area (Å²) in [6, 6.07) is 7.55. The molecule has 1 aromatic carbocycles. The molecule has 6 heteroatoms. The molecule has 112 valence electrons. The molecule has 2 rings (SSSR count). The second-order valence-electron chi connectivity index (χ2n) is 4.41. The highest BCUT2D eigenvalue weighted by molar-refractivity contribution is 8.04. The SMILES string of the molecule is CCOC(=O)/C=C1\SCC(=O)N1CCc1ccccc1Cl. The van der Waals surface area contributed by atoms with Gasteiger partial charge in [0.1, 0.15) is 0 Å². The van der Waals surface area contributed by atoms with Crippen molar-refractivity contribution in [3.8, 4) is 0 Å². The molecule has 0 saturated carbocycles. The van der Waals surface area contributed by atoms with Gasteiger partial charge in [-0.1, -0.05) is 41.6 Å². The molecule has 0 aliphatic carbocycles. The maximum atomic E-state index is 11.9. The second-order valence-corrected chi connectivity index (χ2v) is 5.81. The Balaban J connectivity index is 2.04. The summed E-state index contributed by atoms with van der Waals surface area (Å²) in [4.78, 5) is 25.0. The standard InChI is InChI=1S/C15H16ClNO3S/c1-2-20-15(19)9-14-17(13(18)10-21-14)8-7-11-5-3-4-6-12(11)16/h3-6,9H,2,7-8,10H2,1H3/b14-9-. The molecule has 0 bridgehead atoms. The van der Waals surface area contributed by atoms with Crippen LogP contribution in [0.4, 0.5) is 0 Å². The van der Waals surface area contributed by atoms with E-state index in [4.69, 9.17) is 16.3 Å². The summed E-state index contributed by atoms with van der Waals surface area (Å²) in [6.07, 6.45) is 2.03. The Labute approximate surface area is 133 Å². The molecule has 0 N–H and O–H groups in total. The van der Waals surface area contributed by atoms with Crippen molar-refractivity contribution in [3.05, 3.63) is 46.0 Å². The molecule has 0 aromatic heterocycles. The Morgan fingerprint density at radius 2 is 2.24 bits per heavy atom. The molecular weight excluding hydrogens is 310 g/mol. The first-order valence-corrected chi connectivity index (χ1v) is 8.03. The zero-order chi connectivity index (χ0) is 15.2. The van der Waals surface area contributed by atoms with E-state index in [1.807, 2.05) is 24.3 Å². The van der Waals surface area contributed by atoms with Gasteiger partial charge in [0, 0.05) is 11.6 Å². The van der Waals surface area contributed by atoms with Crippen molar-refractivity contribution in [1.82, 2.24) is 4.90 Å². The van der Waals surface area contributed by atoms with E-state index in [1.165, 1.54) is 17.8 Å². The van der Waals surface area contributed by atoms with Gasteiger partial charge in [-0.3, -0.25) is 4.79 Å². The zero-order valence-electron chi connectivity index (χ0n) is 11.7. The lowest BCUT2D eigenvalue weighted by atomic mass is 10.1. The van der Waals surface area contributed by atoms with Crippen molar-refractivity contribution >= 4 is 35.2 Å². The quantitative estimate of drug-likeness (QED) is 0.617. The first-order valence-electron chi connectivity index (χ1n) is 6.67. The lowest BCUT2D eigenvalue weighted by Crippen LogP contribution is -2.27. The van der Waals surface area contributed by atoms with Crippen LogP contribution in [-0.2, 0) is 20.7 Å². The Bertz CT molecular complexity index is 574. The first kappa shape index (κ1) is 15.9. The summed E-state index contributed by atoms with van der Waals surface area (Å²) in [7, 11) is 0. The fourth-order valence-corrected chi connectivity index (χ4v) is 3.17. The molecular formula is C15H16ClNO3S. The number of thioether (sulfide) groups is 1. The largest absolute Gasteiger partial charge is 0.463 e. The van der Waals surface area contributed by atoms with Crippen molar-refractivity contribution in [1.29, 1.82) is 0 Å². The van der Waals surface area contributed by atoms with Crippen LogP contribution in [0.2, 0.25) is 5.02 Å². The van der Waals surface area contributed by atoms with Gasteiger partial charge in [0.2, 0.25) is 5.91 Å². The van der Waals surface area contributed by atoms with Gasteiger partial charge in [-0.15, -0.1) is 0 Å². The predicted molar refractivity (Wildman–Crippen MR) is 84.0 cm³/mol. The van der Waals surface area contributed by atoms with E-state index in [0.717, 1.165) is 5.56 Å². The fourth-order valence-electron chi connectivity index (χ4n) is 1.99.